The monoisotopic (exact) mass is 497 g/mol. The van der Waals surface area contributed by atoms with Crippen LogP contribution in [0.15, 0.2) is 53.2 Å². The maximum atomic E-state index is 10.8. The number of carboxylic acid groups (broad SMARTS) is 1. The van der Waals surface area contributed by atoms with Gasteiger partial charge in [0.05, 0.1) is 12.1 Å². The van der Waals surface area contributed by atoms with Crippen molar-refractivity contribution in [3.05, 3.63) is 76.0 Å². The standard InChI is InChI=1S/C27H37N3O2S.C2H6/c1-7-28-25(15-18(2)3)24(23-10-8-9-19(4)21(23)6)17-22-11-12-26(20(5)16-22)30(33)29-14-13-27(31)32;1-2/h7-12,15-16,18,24,29,33H,13-14,17H2,1-6H3,(H,31,32);1-2H3/b25-15-,28-7?;. The molecule has 0 aliphatic rings. The number of benzene rings is 2. The third-order valence-corrected chi connectivity index (χ3v) is 6.05. The number of nitrogens with zero attached hydrogens (tertiary/aromatic N) is 2. The fourth-order valence-electron chi connectivity index (χ4n) is 3.94. The highest BCUT2D eigenvalue weighted by Gasteiger charge is 2.21. The smallest absolute Gasteiger partial charge is 0.304 e. The Morgan fingerprint density at radius 2 is 1.83 bits per heavy atom. The van der Waals surface area contributed by atoms with Crippen molar-refractivity contribution < 1.29 is 9.90 Å². The first kappa shape index (κ1) is 30.5. The SMILES string of the molecule is CC.CC=N/C(=C\C(C)C)C(Cc1ccc(N(S)NCCC(=O)O)c(C)c1)c1cccc(C)c1C. The fourth-order valence-corrected chi connectivity index (χ4v) is 4.26. The number of hydrogen-bond donors (Lipinski definition) is 3. The van der Waals surface area contributed by atoms with E-state index in [2.05, 4.69) is 82.3 Å². The summed E-state index contributed by atoms with van der Waals surface area (Å²) in [6, 6.07) is 12.8. The topological polar surface area (TPSA) is 64.9 Å². The van der Waals surface area contributed by atoms with Crippen molar-refractivity contribution in [2.24, 2.45) is 10.9 Å². The predicted molar refractivity (Wildman–Crippen MR) is 154 cm³/mol. The molecule has 192 valence electrons. The number of carboxylic acids is 1. The first-order chi connectivity index (χ1) is 16.6. The summed E-state index contributed by atoms with van der Waals surface area (Å²) in [6.45, 7) is 17.0. The summed E-state index contributed by atoms with van der Waals surface area (Å²) in [5.41, 5.74) is 11.2. The third kappa shape index (κ3) is 9.54. The van der Waals surface area contributed by atoms with Crippen molar-refractivity contribution in [2.75, 3.05) is 11.0 Å². The molecule has 5 nitrogen and oxygen atoms in total. The molecule has 2 rings (SSSR count). The van der Waals surface area contributed by atoms with Crippen LogP contribution in [0.5, 0.6) is 0 Å². The van der Waals surface area contributed by atoms with Crippen LogP contribution >= 0.6 is 12.8 Å². The van der Waals surface area contributed by atoms with Crippen molar-refractivity contribution in [3.8, 4) is 0 Å². The molecule has 0 heterocycles. The second-order valence-corrected chi connectivity index (χ2v) is 9.15. The van der Waals surface area contributed by atoms with Crippen LogP contribution in [0.3, 0.4) is 0 Å². The molecular formula is C29H43N3O2S. The Bertz CT molecular complexity index is 1010. The van der Waals surface area contributed by atoms with Crippen LogP contribution in [-0.4, -0.2) is 23.8 Å². The van der Waals surface area contributed by atoms with Gasteiger partial charge in [0.25, 0.3) is 0 Å². The van der Waals surface area contributed by atoms with Gasteiger partial charge in [0.1, 0.15) is 0 Å². The largest absolute Gasteiger partial charge is 0.481 e. The zero-order chi connectivity index (χ0) is 26.5. The molecule has 0 bridgehead atoms. The highest BCUT2D eigenvalue weighted by Crippen LogP contribution is 2.34. The predicted octanol–water partition coefficient (Wildman–Crippen LogP) is 7.23. The van der Waals surface area contributed by atoms with Gasteiger partial charge in [0, 0.05) is 24.4 Å². The second-order valence-electron chi connectivity index (χ2n) is 8.75. The highest BCUT2D eigenvalue weighted by atomic mass is 32.1. The molecule has 1 atom stereocenters. The van der Waals surface area contributed by atoms with Gasteiger partial charge in [-0.05, 0) is 86.7 Å². The van der Waals surface area contributed by atoms with Gasteiger partial charge in [-0.1, -0.05) is 64.1 Å². The van der Waals surface area contributed by atoms with Gasteiger partial charge in [0.2, 0.25) is 0 Å². The molecule has 0 fully saturated rings. The van der Waals surface area contributed by atoms with Gasteiger partial charge in [0.15, 0.2) is 0 Å². The van der Waals surface area contributed by atoms with Crippen LogP contribution in [0.25, 0.3) is 0 Å². The summed E-state index contributed by atoms with van der Waals surface area (Å²) in [5, 5.41) is 8.84. The van der Waals surface area contributed by atoms with Crippen molar-refractivity contribution in [1.29, 1.82) is 0 Å². The number of hydrazine groups is 1. The second kappa shape index (κ2) is 15.4. The number of aliphatic carboxylic acids is 1. The minimum Gasteiger partial charge on any atom is -0.481 e. The van der Waals surface area contributed by atoms with E-state index in [1.165, 1.54) is 22.3 Å². The molecule has 0 aliphatic heterocycles. The summed E-state index contributed by atoms with van der Waals surface area (Å²) in [6.07, 6.45) is 5.01. The van der Waals surface area contributed by atoms with Gasteiger partial charge in [-0.3, -0.25) is 14.2 Å². The molecule has 0 amide bonds. The van der Waals surface area contributed by atoms with Crippen LogP contribution in [-0.2, 0) is 11.2 Å². The number of thiol groups is 1. The Labute approximate surface area is 217 Å². The number of aryl methyl sites for hydroxylation is 2. The minimum absolute atomic E-state index is 0.0363. The third-order valence-electron chi connectivity index (χ3n) is 5.69. The van der Waals surface area contributed by atoms with E-state index in [4.69, 9.17) is 10.1 Å². The molecule has 0 radical (unpaired) electrons. The number of aliphatic imine (C=N–C) groups is 1. The zero-order valence-corrected chi connectivity index (χ0v) is 23.5. The van der Waals surface area contributed by atoms with Gasteiger partial charge in [-0.2, -0.15) is 0 Å². The lowest BCUT2D eigenvalue weighted by Crippen LogP contribution is -2.32. The summed E-state index contributed by atoms with van der Waals surface area (Å²) in [7, 11) is 0. The number of rotatable bonds is 11. The van der Waals surface area contributed by atoms with E-state index in [0.717, 1.165) is 23.4 Å². The zero-order valence-electron chi connectivity index (χ0n) is 22.6. The molecule has 0 aliphatic carbocycles. The van der Waals surface area contributed by atoms with E-state index in [1.807, 2.05) is 40.0 Å². The lowest BCUT2D eigenvalue weighted by molar-refractivity contribution is -0.136. The van der Waals surface area contributed by atoms with E-state index in [-0.39, 0.29) is 12.3 Å². The summed E-state index contributed by atoms with van der Waals surface area (Å²) < 4.78 is 1.59. The normalized spacial score (nSPS) is 12.5. The van der Waals surface area contributed by atoms with Crippen LogP contribution in [0.1, 0.15) is 74.8 Å². The lowest BCUT2D eigenvalue weighted by atomic mass is 9.84. The van der Waals surface area contributed by atoms with Crippen molar-refractivity contribution in [1.82, 2.24) is 5.43 Å². The molecule has 0 saturated carbocycles. The van der Waals surface area contributed by atoms with E-state index in [0.29, 0.717) is 12.5 Å². The number of carbonyl (C=O) groups is 1. The van der Waals surface area contributed by atoms with E-state index in [9.17, 15) is 4.79 Å². The quantitative estimate of drug-likeness (QED) is 0.174. The molecule has 2 aromatic rings. The molecule has 2 N–H and O–H groups in total. The fraction of sp³-hybridized carbons (Fsp3) is 0.448. The summed E-state index contributed by atoms with van der Waals surface area (Å²) in [4.78, 5) is 15.5. The number of anilines is 1. The molecule has 0 spiro atoms. The maximum Gasteiger partial charge on any atom is 0.304 e. The molecule has 6 heteroatoms. The molecule has 0 aromatic heterocycles. The average Bonchev–Trinajstić information content (AvgIpc) is 2.80. The van der Waals surface area contributed by atoms with Gasteiger partial charge in [-0.15, -0.1) is 0 Å². The Hall–Kier alpha value is -2.57. The average molecular weight is 498 g/mol. The Balaban J connectivity index is 0.00000298. The van der Waals surface area contributed by atoms with Gasteiger partial charge in [-0.25, -0.2) is 5.43 Å². The van der Waals surface area contributed by atoms with Crippen molar-refractivity contribution >= 4 is 30.7 Å². The van der Waals surface area contributed by atoms with Crippen LogP contribution in [0.4, 0.5) is 5.69 Å². The van der Waals surface area contributed by atoms with Gasteiger partial charge >= 0.3 is 5.97 Å². The van der Waals surface area contributed by atoms with Gasteiger partial charge < -0.3 is 5.11 Å². The van der Waals surface area contributed by atoms with Crippen LogP contribution < -0.4 is 9.84 Å². The van der Waals surface area contributed by atoms with Crippen LogP contribution in [0.2, 0.25) is 0 Å². The molecule has 35 heavy (non-hydrogen) atoms. The van der Waals surface area contributed by atoms with E-state index < -0.39 is 5.97 Å². The molecule has 1 unspecified atom stereocenters. The Kier molecular flexibility index (Phi) is 13.4. The van der Waals surface area contributed by atoms with Crippen molar-refractivity contribution in [2.45, 2.75) is 74.1 Å². The number of hydrogen-bond acceptors (Lipinski definition) is 5. The Morgan fingerprint density at radius 3 is 2.40 bits per heavy atom. The summed E-state index contributed by atoms with van der Waals surface area (Å²) in [5.74, 6) is -0.293. The highest BCUT2D eigenvalue weighted by molar-refractivity contribution is 7.81. The van der Waals surface area contributed by atoms with E-state index >= 15 is 0 Å². The maximum absolute atomic E-state index is 10.8. The molecule has 0 saturated heterocycles. The lowest BCUT2D eigenvalue weighted by Gasteiger charge is -2.24. The molecule has 2 aromatic carbocycles. The Morgan fingerprint density at radius 1 is 1.14 bits per heavy atom. The first-order valence-electron chi connectivity index (χ1n) is 12.4. The van der Waals surface area contributed by atoms with E-state index in [1.54, 1.807) is 4.41 Å². The summed E-state index contributed by atoms with van der Waals surface area (Å²) >= 11 is 4.48. The van der Waals surface area contributed by atoms with Crippen LogP contribution in [0, 0.1) is 26.7 Å². The van der Waals surface area contributed by atoms with Crippen molar-refractivity contribution in [3.63, 3.8) is 0 Å². The first-order valence-corrected chi connectivity index (χ1v) is 12.8. The number of nitrogens with one attached hydrogen (secondary N) is 1. The minimum atomic E-state index is -0.839. The molecular weight excluding hydrogens is 454 g/mol. The number of allylic oxidation sites excluding steroid dienone is 2.